The summed E-state index contributed by atoms with van der Waals surface area (Å²) in [6, 6.07) is 7.94. The molecule has 0 aliphatic heterocycles. The lowest BCUT2D eigenvalue weighted by Gasteiger charge is -2.07. The summed E-state index contributed by atoms with van der Waals surface area (Å²) in [6.07, 6.45) is 4.87. The monoisotopic (exact) mass is 442 g/mol. The molecule has 12 heteroatoms. The van der Waals surface area contributed by atoms with Gasteiger partial charge in [-0.15, -0.1) is 0 Å². The number of hydrogen-bond donors (Lipinski definition) is 4. The average molecular weight is 442 g/mol. The first-order valence-corrected chi connectivity index (χ1v) is 9.50. The molecule has 0 fully saturated rings. The van der Waals surface area contributed by atoms with Gasteiger partial charge in [-0.1, -0.05) is 12.2 Å². The van der Waals surface area contributed by atoms with Crippen molar-refractivity contribution in [2.45, 2.75) is 12.8 Å². The van der Waals surface area contributed by atoms with E-state index in [4.69, 9.17) is 11.5 Å². The van der Waals surface area contributed by atoms with Crippen molar-refractivity contribution < 1.29 is 19.4 Å². The van der Waals surface area contributed by atoms with E-state index in [9.17, 15) is 29.8 Å². The van der Waals surface area contributed by atoms with E-state index in [0.717, 1.165) is 12.1 Å². The van der Waals surface area contributed by atoms with Gasteiger partial charge in [-0.2, -0.15) is 0 Å². The zero-order valence-electron chi connectivity index (χ0n) is 16.9. The Kier molecular flexibility index (Phi) is 8.22. The van der Waals surface area contributed by atoms with Crippen LogP contribution in [0.2, 0.25) is 0 Å². The number of anilines is 2. The van der Waals surface area contributed by atoms with E-state index in [1.54, 1.807) is 0 Å². The number of primary amides is 2. The molecule has 0 heterocycles. The van der Waals surface area contributed by atoms with Crippen molar-refractivity contribution in [1.82, 2.24) is 0 Å². The molecule has 2 rings (SSSR count). The molecule has 0 aliphatic rings. The molecule has 2 amide bonds. The fourth-order valence-electron chi connectivity index (χ4n) is 2.79. The molecule has 168 valence electrons. The normalized spacial score (nSPS) is 10.6. The number of carbonyl (C=O) groups excluding carboxylic acids is 2. The Labute approximate surface area is 182 Å². The van der Waals surface area contributed by atoms with Gasteiger partial charge in [-0.25, -0.2) is 0 Å². The van der Waals surface area contributed by atoms with Crippen LogP contribution < -0.4 is 22.1 Å². The van der Waals surface area contributed by atoms with Crippen LogP contribution in [0, 0.1) is 20.2 Å². The van der Waals surface area contributed by atoms with Gasteiger partial charge >= 0.3 is 0 Å². The Morgan fingerprint density at radius 2 is 1.16 bits per heavy atom. The third-order valence-corrected chi connectivity index (χ3v) is 4.38. The topological polar surface area (TPSA) is 197 Å². The quantitative estimate of drug-likeness (QED) is 0.166. The Bertz CT molecular complexity index is 985. The second-order valence-electron chi connectivity index (χ2n) is 6.61. The van der Waals surface area contributed by atoms with Crippen LogP contribution in [0.4, 0.5) is 22.7 Å². The van der Waals surface area contributed by atoms with Gasteiger partial charge in [0, 0.05) is 36.3 Å². The highest BCUT2D eigenvalue weighted by molar-refractivity contribution is 5.95. The van der Waals surface area contributed by atoms with E-state index in [1.165, 1.54) is 24.3 Å². The molecule has 0 radical (unpaired) electrons. The van der Waals surface area contributed by atoms with E-state index in [-0.39, 0.29) is 33.9 Å². The van der Waals surface area contributed by atoms with E-state index in [1.807, 2.05) is 12.2 Å². The maximum atomic E-state index is 11.2. The highest BCUT2D eigenvalue weighted by atomic mass is 16.6. The Morgan fingerprint density at radius 1 is 0.781 bits per heavy atom. The maximum absolute atomic E-state index is 11.2. The zero-order valence-corrected chi connectivity index (χ0v) is 16.9. The van der Waals surface area contributed by atoms with E-state index >= 15 is 0 Å². The van der Waals surface area contributed by atoms with E-state index < -0.39 is 21.7 Å². The summed E-state index contributed by atoms with van der Waals surface area (Å²) in [4.78, 5) is 43.5. The molecule has 0 aliphatic carbocycles. The number of nitrogens with two attached hydrogens (primary N) is 2. The highest BCUT2D eigenvalue weighted by Crippen LogP contribution is 2.26. The minimum absolute atomic E-state index is 0.0548. The van der Waals surface area contributed by atoms with Gasteiger partial charge in [0.2, 0.25) is 11.8 Å². The maximum Gasteiger partial charge on any atom is 0.293 e. The summed E-state index contributed by atoms with van der Waals surface area (Å²) in [5.41, 5.74) is 10.5. The largest absolute Gasteiger partial charge is 0.379 e. The number of nitro benzene ring substituents is 2. The number of benzene rings is 2. The zero-order chi connectivity index (χ0) is 23.7. The summed E-state index contributed by atoms with van der Waals surface area (Å²) in [5.74, 6) is -1.49. The molecule has 0 bridgehead atoms. The molecule has 0 saturated heterocycles. The van der Waals surface area contributed by atoms with Gasteiger partial charge in [0.15, 0.2) is 0 Å². The molecule has 12 nitrogen and oxygen atoms in total. The number of nitro groups is 2. The summed E-state index contributed by atoms with van der Waals surface area (Å²) < 4.78 is 0. The standard InChI is InChI=1S/C20H22N6O6/c21-19(27)13-5-7-15(17(11-13)25(29)30)23-9-3-1-2-4-10-24-16-8-6-14(20(22)28)12-18(16)26(31)32/h1-2,5-8,11-12,23-24H,3-4,9-10H2,(H2,21,27)(H2,22,28)/b2-1+. The first-order chi connectivity index (χ1) is 15.2. The second kappa shape index (κ2) is 11.1. The lowest BCUT2D eigenvalue weighted by atomic mass is 10.1. The van der Waals surface area contributed by atoms with Gasteiger partial charge < -0.3 is 22.1 Å². The van der Waals surface area contributed by atoms with Gasteiger partial charge in [-0.05, 0) is 37.1 Å². The van der Waals surface area contributed by atoms with Crippen molar-refractivity contribution in [3.05, 3.63) is 79.9 Å². The molecule has 6 N–H and O–H groups in total. The molecule has 0 aromatic heterocycles. The van der Waals surface area contributed by atoms with Gasteiger partial charge in [0.05, 0.1) is 9.85 Å². The number of hydrogen-bond acceptors (Lipinski definition) is 8. The smallest absolute Gasteiger partial charge is 0.293 e. The number of nitrogens with zero attached hydrogens (tertiary/aromatic N) is 2. The van der Waals surface area contributed by atoms with Crippen molar-refractivity contribution >= 4 is 34.6 Å². The average Bonchev–Trinajstić information content (AvgIpc) is 2.75. The van der Waals surface area contributed by atoms with Gasteiger partial charge in [-0.3, -0.25) is 29.8 Å². The first kappa shape index (κ1) is 23.8. The Balaban J connectivity index is 1.82. The molecule has 0 atom stereocenters. The molecule has 0 spiro atoms. The Morgan fingerprint density at radius 3 is 1.47 bits per heavy atom. The van der Waals surface area contributed by atoms with Crippen LogP contribution in [0.3, 0.4) is 0 Å². The van der Waals surface area contributed by atoms with Crippen LogP contribution in [0.25, 0.3) is 0 Å². The van der Waals surface area contributed by atoms with Crippen molar-refractivity contribution in [2.75, 3.05) is 23.7 Å². The summed E-state index contributed by atoms with van der Waals surface area (Å²) in [7, 11) is 0. The lowest BCUT2D eigenvalue weighted by Crippen LogP contribution is -2.12. The summed E-state index contributed by atoms with van der Waals surface area (Å²) in [6.45, 7) is 0.835. The predicted octanol–water partition coefficient (Wildman–Crippen LogP) is 2.56. The SMILES string of the molecule is NC(=O)c1ccc(NCC/C=C/CCNc2ccc(C(N)=O)cc2[N+](=O)[O-])c([N+](=O)[O-])c1. The minimum atomic E-state index is -0.745. The number of nitrogens with one attached hydrogen (secondary N) is 2. The molecule has 2 aromatic carbocycles. The van der Waals surface area contributed by atoms with Crippen LogP contribution in [0.15, 0.2) is 48.6 Å². The van der Waals surface area contributed by atoms with Crippen LogP contribution in [-0.2, 0) is 0 Å². The van der Waals surface area contributed by atoms with Gasteiger partial charge in [0.25, 0.3) is 11.4 Å². The summed E-state index contributed by atoms with van der Waals surface area (Å²) >= 11 is 0. The van der Waals surface area contributed by atoms with Crippen molar-refractivity contribution in [3.8, 4) is 0 Å². The fraction of sp³-hybridized carbons (Fsp3) is 0.200. The second-order valence-corrected chi connectivity index (χ2v) is 6.61. The van der Waals surface area contributed by atoms with E-state index in [0.29, 0.717) is 25.9 Å². The molecular weight excluding hydrogens is 420 g/mol. The van der Waals surface area contributed by atoms with Crippen LogP contribution in [-0.4, -0.2) is 34.8 Å². The first-order valence-electron chi connectivity index (χ1n) is 9.50. The third-order valence-electron chi connectivity index (χ3n) is 4.38. The number of amides is 2. The van der Waals surface area contributed by atoms with Crippen LogP contribution >= 0.6 is 0 Å². The fourth-order valence-corrected chi connectivity index (χ4v) is 2.79. The highest BCUT2D eigenvalue weighted by Gasteiger charge is 2.17. The lowest BCUT2D eigenvalue weighted by molar-refractivity contribution is -0.384. The molecular formula is C20H22N6O6. The third kappa shape index (κ3) is 6.52. The molecule has 2 aromatic rings. The van der Waals surface area contributed by atoms with Crippen molar-refractivity contribution in [2.24, 2.45) is 11.5 Å². The summed E-state index contributed by atoms with van der Waals surface area (Å²) in [5, 5.41) is 28.2. The van der Waals surface area contributed by atoms with Crippen LogP contribution in [0.5, 0.6) is 0 Å². The molecule has 32 heavy (non-hydrogen) atoms. The van der Waals surface area contributed by atoms with Crippen molar-refractivity contribution in [3.63, 3.8) is 0 Å². The number of carbonyl (C=O) groups is 2. The minimum Gasteiger partial charge on any atom is -0.379 e. The van der Waals surface area contributed by atoms with E-state index in [2.05, 4.69) is 10.6 Å². The Hall–Kier alpha value is -4.48. The predicted molar refractivity (Wildman–Crippen MR) is 119 cm³/mol. The van der Waals surface area contributed by atoms with Crippen LogP contribution in [0.1, 0.15) is 33.6 Å². The van der Waals surface area contributed by atoms with Crippen molar-refractivity contribution in [1.29, 1.82) is 0 Å². The number of rotatable bonds is 12. The molecule has 0 saturated carbocycles. The molecule has 0 unspecified atom stereocenters. The van der Waals surface area contributed by atoms with Gasteiger partial charge in [0.1, 0.15) is 11.4 Å².